The zero-order chi connectivity index (χ0) is 9.31. The minimum Gasteiger partial charge on any atom is -0.355 e. The summed E-state index contributed by atoms with van der Waals surface area (Å²) >= 11 is 1.98. The quantitative estimate of drug-likeness (QED) is 0.706. The maximum absolute atomic E-state index is 4.37. The number of thioether (sulfide) groups is 1. The summed E-state index contributed by atoms with van der Waals surface area (Å²) < 4.78 is 0.524. The Hall–Kier alpha value is -0.380. The second-order valence-electron chi connectivity index (χ2n) is 3.98. The summed E-state index contributed by atoms with van der Waals surface area (Å²) in [4.78, 5) is 4.37. The molecule has 1 heterocycles. The van der Waals surface area contributed by atoms with Gasteiger partial charge in [0, 0.05) is 17.3 Å². The van der Waals surface area contributed by atoms with E-state index in [1.165, 1.54) is 12.8 Å². The number of aliphatic imine (C=N–C) groups is 1. The van der Waals surface area contributed by atoms with Gasteiger partial charge in [-0.2, -0.15) is 11.8 Å². The Morgan fingerprint density at radius 3 is 2.92 bits per heavy atom. The normalized spacial score (nSPS) is 29.4. The van der Waals surface area contributed by atoms with Crippen LogP contribution in [-0.2, 0) is 0 Å². The van der Waals surface area contributed by atoms with E-state index in [1.807, 2.05) is 11.8 Å². The third kappa shape index (κ3) is 2.10. The zero-order valence-electron chi connectivity index (χ0n) is 8.26. The van der Waals surface area contributed by atoms with Crippen LogP contribution in [0.25, 0.3) is 0 Å². The summed E-state index contributed by atoms with van der Waals surface area (Å²) in [7, 11) is 0. The largest absolute Gasteiger partial charge is 0.355 e. The van der Waals surface area contributed by atoms with Crippen molar-refractivity contribution in [2.24, 2.45) is 4.99 Å². The Bertz CT molecular complexity index is 223. The van der Waals surface area contributed by atoms with E-state index >= 15 is 0 Å². The molecule has 1 atom stereocenters. The highest BCUT2D eigenvalue weighted by atomic mass is 32.2. The molecule has 0 spiro atoms. The van der Waals surface area contributed by atoms with E-state index in [1.54, 1.807) is 0 Å². The smallest absolute Gasteiger partial charge is 0.191 e. The van der Waals surface area contributed by atoms with Gasteiger partial charge in [-0.05, 0) is 26.0 Å². The van der Waals surface area contributed by atoms with Gasteiger partial charge in [0.15, 0.2) is 5.96 Å². The molecule has 74 valence electrons. The number of hydrogen-bond acceptors (Lipinski definition) is 4. The topological polar surface area (TPSA) is 36.4 Å². The molecule has 13 heavy (non-hydrogen) atoms. The van der Waals surface area contributed by atoms with Crippen LogP contribution >= 0.6 is 11.8 Å². The highest BCUT2D eigenvalue weighted by Gasteiger charge is 2.41. The van der Waals surface area contributed by atoms with Crippen molar-refractivity contribution in [3.8, 4) is 0 Å². The van der Waals surface area contributed by atoms with Crippen molar-refractivity contribution in [3.05, 3.63) is 0 Å². The molecule has 0 radical (unpaired) electrons. The van der Waals surface area contributed by atoms with Gasteiger partial charge in [-0.3, -0.25) is 4.99 Å². The van der Waals surface area contributed by atoms with Crippen LogP contribution < -0.4 is 10.6 Å². The van der Waals surface area contributed by atoms with E-state index in [4.69, 9.17) is 0 Å². The summed E-state index contributed by atoms with van der Waals surface area (Å²) in [6.45, 7) is 4.13. The van der Waals surface area contributed by atoms with Gasteiger partial charge in [-0.15, -0.1) is 0 Å². The number of nitrogens with zero attached hydrogens (tertiary/aromatic N) is 1. The first-order chi connectivity index (χ1) is 6.24. The molecule has 2 N–H and O–H groups in total. The van der Waals surface area contributed by atoms with Crippen molar-refractivity contribution >= 4 is 17.7 Å². The van der Waals surface area contributed by atoms with Crippen LogP contribution in [-0.4, -0.2) is 36.1 Å². The fourth-order valence-electron chi connectivity index (χ4n) is 1.50. The zero-order valence-corrected chi connectivity index (χ0v) is 9.08. The molecule has 4 heteroatoms. The standard InChI is InChI=1S/C9H17N3S/c1-7-5-10-8(12-7)11-6-9(13-2)3-4-9/h7H,3-6H2,1-2H3,(H2,10,11,12). The monoisotopic (exact) mass is 199 g/mol. The molecule has 2 aliphatic rings. The van der Waals surface area contributed by atoms with Crippen molar-refractivity contribution < 1.29 is 0 Å². The van der Waals surface area contributed by atoms with Gasteiger partial charge in [0.1, 0.15) is 0 Å². The molecule has 1 aliphatic carbocycles. The molecule has 1 aliphatic heterocycles. The summed E-state index contributed by atoms with van der Waals surface area (Å²) in [5.74, 6) is 0.993. The minimum atomic E-state index is 0.506. The lowest BCUT2D eigenvalue weighted by Crippen LogP contribution is -2.41. The van der Waals surface area contributed by atoms with Crippen LogP contribution in [0.15, 0.2) is 4.99 Å². The third-order valence-electron chi connectivity index (χ3n) is 2.73. The van der Waals surface area contributed by atoms with Crippen LogP contribution in [0.3, 0.4) is 0 Å². The first kappa shape index (κ1) is 9.19. The molecule has 0 aromatic carbocycles. The van der Waals surface area contributed by atoms with Gasteiger partial charge in [0.25, 0.3) is 0 Å². The maximum Gasteiger partial charge on any atom is 0.191 e. The van der Waals surface area contributed by atoms with E-state index in [2.05, 4.69) is 28.8 Å². The SMILES string of the molecule is CSC1(CNC2=NCC(C)N2)CC1. The lowest BCUT2D eigenvalue weighted by Gasteiger charge is -2.14. The van der Waals surface area contributed by atoms with Crippen molar-refractivity contribution in [2.45, 2.75) is 30.6 Å². The maximum atomic E-state index is 4.37. The van der Waals surface area contributed by atoms with Gasteiger partial charge in [-0.1, -0.05) is 0 Å². The fraction of sp³-hybridized carbons (Fsp3) is 0.889. The first-order valence-corrected chi connectivity index (χ1v) is 6.07. The van der Waals surface area contributed by atoms with E-state index in [-0.39, 0.29) is 0 Å². The number of nitrogens with one attached hydrogen (secondary N) is 2. The highest BCUT2D eigenvalue weighted by molar-refractivity contribution is 8.00. The second kappa shape index (κ2) is 3.40. The lowest BCUT2D eigenvalue weighted by atomic mass is 10.4. The Kier molecular flexibility index (Phi) is 2.41. The second-order valence-corrected chi connectivity index (χ2v) is 5.25. The fourth-order valence-corrected chi connectivity index (χ4v) is 2.22. The van der Waals surface area contributed by atoms with Gasteiger partial charge < -0.3 is 10.6 Å². The molecule has 1 fully saturated rings. The van der Waals surface area contributed by atoms with Gasteiger partial charge in [0.05, 0.1) is 6.54 Å². The predicted molar refractivity (Wildman–Crippen MR) is 58.4 cm³/mol. The number of guanidine groups is 1. The van der Waals surface area contributed by atoms with Crippen molar-refractivity contribution in [1.82, 2.24) is 10.6 Å². The molecule has 0 aromatic heterocycles. The van der Waals surface area contributed by atoms with Crippen LogP contribution in [0.2, 0.25) is 0 Å². The summed E-state index contributed by atoms with van der Waals surface area (Å²) in [6.07, 6.45) is 4.90. The van der Waals surface area contributed by atoms with Crippen molar-refractivity contribution in [3.63, 3.8) is 0 Å². The molecule has 0 aromatic rings. The lowest BCUT2D eigenvalue weighted by molar-refractivity contribution is 0.708. The van der Waals surface area contributed by atoms with Gasteiger partial charge >= 0.3 is 0 Å². The van der Waals surface area contributed by atoms with Crippen LogP contribution in [0, 0.1) is 0 Å². The van der Waals surface area contributed by atoms with Crippen LogP contribution in [0.5, 0.6) is 0 Å². The summed E-state index contributed by atoms with van der Waals surface area (Å²) in [6, 6.07) is 0.506. The van der Waals surface area contributed by atoms with E-state index in [0.717, 1.165) is 19.0 Å². The van der Waals surface area contributed by atoms with E-state index in [9.17, 15) is 0 Å². The molecule has 0 bridgehead atoms. The summed E-state index contributed by atoms with van der Waals surface area (Å²) in [5.41, 5.74) is 0. The average Bonchev–Trinajstić information content (AvgIpc) is 2.81. The first-order valence-electron chi connectivity index (χ1n) is 4.84. The van der Waals surface area contributed by atoms with Gasteiger partial charge in [0.2, 0.25) is 0 Å². The number of hydrogen-bond donors (Lipinski definition) is 2. The molecule has 1 unspecified atom stereocenters. The Balaban J connectivity index is 1.74. The summed E-state index contributed by atoms with van der Waals surface area (Å²) in [5, 5.41) is 6.69. The van der Waals surface area contributed by atoms with Crippen LogP contribution in [0.4, 0.5) is 0 Å². The van der Waals surface area contributed by atoms with Crippen molar-refractivity contribution in [1.29, 1.82) is 0 Å². The molecule has 0 amide bonds. The Morgan fingerprint density at radius 2 is 2.46 bits per heavy atom. The van der Waals surface area contributed by atoms with E-state index in [0.29, 0.717) is 10.8 Å². The molecular weight excluding hydrogens is 182 g/mol. The highest BCUT2D eigenvalue weighted by Crippen LogP contribution is 2.46. The average molecular weight is 199 g/mol. The molecular formula is C9H17N3S. The Morgan fingerprint density at radius 1 is 1.69 bits per heavy atom. The third-order valence-corrected chi connectivity index (χ3v) is 4.14. The minimum absolute atomic E-state index is 0.506. The number of rotatable bonds is 3. The predicted octanol–water partition coefficient (Wildman–Crippen LogP) is 0.819. The Labute approximate surface area is 83.8 Å². The molecule has 2 rings (SSSR count). The molecule has 1 saturated carbocycles. The molecule has 3 nitrogen and oxygen atoms in total. The van der Waals surface area contributed by atoms with Gasteiger partial charge in [-0.25, -0.2) is 0 Å². The molecule has 0 saturated heterocycles. The van der Waals surface area contributed by atoms with Crippen molar-refractivity contribution in [2.75, 3.05) is 19.3 Å². The van der Waals surface area contributed by atoms with E-state index < -0.39 is 0 Å². The van der Waals surface area contributed by atoms with Crippen LogP contribution in [0.1, 0.15) is 19.8 Å².